The van der Waals surface area contributed by atoms with Gasteiger partial charge in [0.25, 0.3) is 0 Å². The molecule has 1 atom stereocenters. The zero-order chi connectivity index (χ0) is 16.9. The van der Waals surface area contributed by atoms with Crippen molar-refractivity contribution in [2.24, 2.45) is 0 Å². The molecule has 1 aliphatic rings. The van der Waals surface area contributed by atoms with Crippen LogP contribution in [0.4, 0.5) is 10.5 Å². The van der Waals surface area contributed by atoms with Crippen LogP contribution in [-0.4, -0.2) is 37.5 Å². The zero-order valence-corrected chi connectivity index (χ0v) is 14.1. The molecule has 0 bridgehead atoms. The summed E-state index contributed by atoms with van der Waals surface area (Å²) in [6, 6.07) is 5.95. The average Bonchev–Trinajstić information content (AvgIpc) is 3.02. The molecule has 0 radical (unpaired) electrons. The zero-order valence-electron chi connectivity index (χ0n) is 13.3. The Morgan fingerprint density at radius 1 is 1.35 bits per heavy atom. The number of aliphatic hydroxyl groups is 1. The molecule has 128 valence electrons. The molecule has 6 nitrogen and oxygen atoms in total. The molecule has 0 saturated heterocycles. The SMILES string of the molecule is C[C@@H](O)CCNC(=O)Nc1cccc(S(=O)(=O)C2CCCC2)c1. The van der Waals surface area contributed by atoms with Gasteiger partial charge >= 0.3 is 6.03 Å². The fraction of sp³-hybridized carbons (Fsp3) is 0.562. The third-order valence-corrected chi connectivity index (χ3v) is 6.27. The minimum absolute atomic E-state index is 0.256. The van der Waals surface area contributed by atoms with Crippen molar-refractivity contribution in [3.63, 3.8) is 0 Å². The maximum absolute atomic E-state index is 12.6. The molecule has 1 saturated carbocycles. The van der Waals surface area contributed by atoms with Gasteiger partial charge in [0, 0.05) is 12.2 Å². The number of nitrogens with one attached hydrogen (secondary N) is 2. The summed E-state index contributed by atoms with van der Waals surface area (Å²) in [7, 11) is -3.33. The van der Waals surface area contributed by atoms with Crippen molar-refractivity contribution in [1.82, 2.24) is 5.32 Å². The fourth-order valence-electron chi connectivity index (χ4n) is 2.71. The van der Waals surface area contributed by atoms with Crippen LogP contribution in [0.25, 0.3) is 0 Å². The fourth-order valence-corrected chi connectivity index (χ4v) is 4.61. The number of sulfone groups is 1. The number of benzene rings is 1. The van der Waals surface area contributed by atoms with Gasteiger partial charge in [-0.2, -0.15) is 0 Å². The van der Waals surface area contributed by atoms with Crippen LogP contribution < -0.4 is 10.6 Å². The van der Waals surface area contributed by atoms with Gasteiger partial charge in [-0.25, -0.2) is 13.2 Å². The molecule has 2 amide bonds. The molecule has 0 spiro atoms. The minimum Gasteiger partial charge on any atom is -0.393 e. The predicted molar refractivity (Wildman–Crippen MR) is 89.2 cm³/mol. The van der Waals surface area contributed by atoms with E-state index in [0.29, 0.717) is 31.5 Å². The number of hydrogen-bond donors (Lipinski definition) is 3. The van der Waals surface area contributed by atoms with E-state index in [0.717, 1.165) is 12.8 Å². The Hall–Kier alpha value is -1.60. The van der Waals surface area contributed by atoms with Gasteiger partial charge in [0.05, 0.1) is 16.2 Å². The Balaban J connectivity index is 2.01. The van der Waals surface area contributed by atoms with E-state index in [1.165, 1.54) is 6.07 Å². The molecule has 0 aliphatic heterocycles. The van der Waals surface area contributed by atoms with Crippen LogP contribution in [0.3, 0.4) is 0 Å². The third kappa shape index (κ3) is 4.94. The van der Waals surface area contributed by atoms with E-state index in [-0.39, 0.29) is 10.1 Å². The van der Waals surface area contributed by atoms with Crippen molar-refractivity contribution in [2.75, 3.05) is 11.9 Å². The highest BCUT2D eigenvalue weighted by Crippen LogP contribution is 2.30. The first-order chi connectivity index (χ1) is 10.9. The highest BCUT2D eigenvalue weighted by Gasteiger charge is 2.30. The third-order valence-electron chi connectivity index (χ3n) is 4.01. The summed E-state index contributed by atoms with van der Waals surface area (Å²) >= 11 is 0. The Morgan fingerprint density at radius 3 is 2.70 bits per heavy atom. The van der Waals surface area contributed by atoms with Crippen LogP contribution >= 0.6 is 0 Å². The lowest BCUT2D eigenvalue weighted by Crippen LogP contribution is -2.31. The average molecular weight is 340 g/mol. The van der Waals surface area contributed by atoms with Crippen LogP contribution in [0.1, 0.15) is 39.0 Å². The molecule has 0 unspecified atom stereocenters. The summed E-state index contributed by atoms with van der Waals surface area (Å²) in [6.45, 7) is 2.00. The number of urea groups is 1. The Bertz CT molecular complexity index is 637. The Labute approximate surface area is 137 Å². The maximum Gasteiger partial charge on any atom is 0.319 e. The largest absolute Gasteiger partial charge is 0.393 e. The van der Waals surface area contributed by atoms with Crippen molar-refractivity contribution in [2.45, 2.75) is 55.3 Å². The molecule has 1 aliphatic carbocycles. The highest BCUT2D eigenvalue weighted by atomic mass is 32.2. The van der Waals surface area contributed by atoms with E-state index < -0.39 is 22.0 Å². The van der Waals surface area contributed by atoms with Crippen molar-refractivity contribution < 1.29 is 18.3 Å². The molecule has 0 aromatic heterocycles. The second-order valence-electron chi connectivity index (χ2n) is 6.00. The normalized spacial score (nSPS) is 17.0. The van der Waals surface area contributed by atoms with Gasteiger partial charge in [-0.1, -0.05) is 18.9 Å². The summed E-state index contributed by atoms with van der Waals surface area (Å²) in [5.74, 6) is 0. The van der Waals surface area contributed by atoms with Crippen molar-refractivity contribution >= 4 is 21.6 Å². The number of carbonyl (C=O) groups excluding carboxylic acids is 1. The Kier molecular flexibility index (Phi) is 6.01. The highest BCUT2D eigenvalue weighted by molar-refractivity contribution is 7.92. The monoisotopic (exact) mass is 340 g/mol. The molecule has 7 heteroatoms. The van der Waals surface area contributed by atoms with Gasteiger partial charge in [-0.15, -0.1) is 0 Å². The van der Waals surface area contributed by atoms with Crippen molar-refractivity contribution in [3.8, 4) is 0 Å². The van der Waals surface area contributed by atoms with E-state index in [1.807, 2.05) is 0 Å². The van der Waals surface area contributed by atoms with Gasteiger partial charge in [0.1, 0.15) is 0 Å². The van der Waals surface area contributed by atoms with Crippen molar-refractivity contribution in [3.05, 3.63) is 24.3 Å². The molecule has 2 rings (SSSR count). The minimum atomic E-state index is -3.33. The molecule has 1 aromatic rings. The first-order valence-electron chi connectivity index (χ1n) is 7.96. The summed E-state index contributed by atoms with van der Waals surface area (Å²) in [6.07, 6.45) is 3.31. The molecule has 23 heavy (non-hydrogen) atoms. The van der Waals surface area contributed by atoms with E-state index in [1.54, 1.807) is 25.1 Å². The number of anilines is 1. The molecular formula is C16H24N2O4S. The number of amides is 2. The lowest BCUT2D eigenvalue weighted by atomic mass is 10.3. The van der Waals surface area contributed by atoms with Gasteiger partial charge in [0.15, 0.2) is 9.84 Å². The second kappa shape index (κ2) is 7.79. The van der Waals surface area contributed by atoms with Gasteiger partial charge in [0.2, 0.25) is 0 Å². The number of aliphatic hydroxyl groups excluding tert-OH is 1. The quantitative estimate of drug-likeness (QED) is 0.740. The number of hydrogen-bond acceptors (Lipinski definition) is 4. The lowest BCUT2D eigenvalue weighted by molar-refractivity contribution is 0.184. The predicted octanol–water partition coefficient (Wildman–Crippen LogP) is 2.30. The van der Waals surface area contributed by atoms with Gasteiger partial charge in [-0.05, 0) is 44.4 Å². The molecule has 1 aromatic carbocycles. The molecule has 0 heterocycles. The maximum atomic E-state index is 12.6. The molecule has 3 N–H and O–H groups in total. The molecular weight excluding hydrogens is 316 g/mol. The number of rotatable bonds is 6. The summed E-state index contributed by atoms with van der Waals surface area (Å²) < 4.78 is 25.1. The number of carbonyl (C=O) groups is 1. The van der Waals surface area contributed by atoms with E-state index in [4.69, 9.17) is 5.11 Å². The summed E-state index contributed by atoms with van der Waals surface area (Å²) in [5, 5.41) is 14.1. The second-order valence-corrected chi connectivity index (χ2v) is 8.23. The van der Waals surface area contributed by atoms with Crippen LogP contribution in [-0.2, 0) is 9.84 Å². The summed E-state index contributed by atoms with van der Waals surface area (Å²) in [4.78, 5) is 12.0. The molecule has 1 fully saturated rings. The van der Waals surface area contributed by atoms with Crippen LogP contribution in [0.5, 0.6) is 0 Å². The van der Waals surface area contributed by atoms with E-state index in [9.17, 15) is 13.2 Å². The first-order valence-corrected chi connectivity index (χ1v) is 9.51. The smallest absolute Gasteiger partial charge is 0.319 e. The van der Waals surface area contributed by atoms with Gasteiger partial charge < -0.3 is 15.7 Å². The topological polar surface area (TPSA) is 95.5 Å². The van der Waals surface area contributed by atoms with Crippen LogP contribution in [0.15, 0.2) is 29.2 Å². The Morgan fingerprint density at radius 2 is 2.04 bits per heavy atom. The van der Waals surface area contributed by atoms with Gasteiger partial charge in [-0.3, -0.25) is 0 Å². The van der Waals surface area contributed by atoms with E-state index in [2.05, 4.69) is 10.6 Å². The van der Waals surface area contributed by atoms with E-state index >= 15 is 0 Å². The standard InChI is InChI=1S/C16H24N2O4S/c1-12(19)9-10-17-16(20)18-13-5-4-8-15(11-13)23(21,22)14-6-2-3-7-14/h4-5,8,11-12,14,19H,2-3,6-7,9-10H2,1H3,(H2,17,18,20)/t12-/m1/s1. The van der Waals surface area contributed by atoms with Crippen LogP contribution in [0.2, 0.25) is 0 Å². The van der Waals surface area contributed by atoms with Crippen LogP contribution in [0, 0.1) is 0 Å². The first kappa shape index (κ1) is 17.7. The van der Waals surface area contributed by atoms with Crippen molar-refractivity contribution in [1.29, 1.82) is 0 Å². The summed E-state index contributed by atoms with van der Waals surface area (Å²) in [5.41, 5.74) is 0.443. The lowest BCUT2D eigenvalue weighted by Gasteiger charge is -2.13.